The molecule has 3 atom stereocenters. The predicted molar refractivity (Wildman–Crippen MR) is 112 cm³/mol. The van der Waals surface area contributed by atoms with Crippen LogP contribution >= 0.6 is 15.9 Å². The number of halogens is 1. The number of ether oxygens (including phenoxy) is 1. The van der Waals surface area contributed by atoms with E-state index in [9.17, 15) is 24.5 Å². The van der Waals surface area contributed by atoms with E-state index in [0.717, 1.165) is 6.07 Å². The summed E-state index contributed by atoms with van der Waals surface area (Å²) in [4.78, 5) is 53.1. The molecule has 2 aromatic rings. The molecule has 0 aliphatic carbocycles. The van der Waals surface area contributed by atoms with E-state index in [1.807, 2.05) is 0 Å². The van der Waals surface area contributed by atoms with Crippen molar-refractivity contribution in [3.8, 4) is 5.75 Å². The minimum atomic E-state index is -1.08. The van der Waals surface area contributed by atoms with Gasteiger partial charge in [-0.1, -0.05) is 15.9 Å². The van der Waals surface area contributed by atoms with Crippen molar-refractivity contribution in [2.24, 2.45) is 11.7 Å². The quantitative estimate of drug-likeness (QED) is 0.341. The minimum absolute atomic E-state index is 0.0144. The number of carbonyl (C=O) groups is 3. The lowest BCUT2D eigenvalue weighted by Gasteiger charge is -2.26. The Balaban J connectivity index is 1.79. The first kappa shape index (κ1) is 21.9. The van der Waals surface area contributed by atoms with Gasteiger partial charge < -0.3 is 10.5 Å². The molecule has 11 nitrogen and oxygen atoms in total. The van der Waals surface area contributed by atoms with E-state index in [4.69, 9.17) is 15.3 Å². The number of hydroxylamine groups is 2. The summed E-state index contributed by atoms with van der Waals surface area (Å²) >= 11 is 3.40. The fraction of sp³-hybridized carbons (Fsp3) is 0.250. The summed E-state index contributed by atoms with van der Waals surface area (Å²) in [6.07, 6.45) is -1.08. The highest BCUT2D eigenvalue weighted by Crippen LogP contribution is 2.46. The molecule has 12 heteroatoms. The predicted octanol–water partition coefficient (Wildman–Crippen LogP) is 1.59. The first-order valence-electron chi connectivity index (χ1n) is 9.40. The van der Waals surface area contributed by atoms with Crippen LogP contribution in [0.3, 0.4) is 0 Å². The average Bonchev–Trinajstić information content (AvgIpc) is 3.25. The van der Waals surface area contributed by atoms with Gasteiger partial charge in [-0.05, 0) is 30.3 Å². The summed E-state index contributed by atoms with van der Waals surface area (Å²) in [5.74, 6) is -2.31. The van der Waals surface area contributed by atoms with Crippen LogP contribution in [0.25, 0.3) is 0 Å². The normalized spacial score (nSPS) is 22.5. The van der Waals surface area contributed by atoms with Gasteiger partial charge in [-0.15, -0.1) is 0 Å². The Bertz CT molecular complexity index is 1150. The Hall–Kier alpha value is -3.35. The molecule has 3 N–H and O–H groups in total. The molecule has 2 heterocycles. The van der Waals surface area contributed by atoms with Gasteiger partial charge in [0.1, 0.15) is 5.75 Å². The highest BCUT2D eigenvalue weighted by atomic mass is 79.9. The summed E-state index contributed by atoms with van der Waals surface area (Å²) < 4.78 is 6.15. The number of nitro groups is 1. The van der Waals surface area contributed by atoms with Gasteiger partial charge in [0.15, 0.2) is 6.10 Å². The summed E-state index contributed by atoms with van der Waals surface area (Å²) in [6, 6.07) is 8.27. The SMILES string of the molecule is COc1ccc(Br)cc1C1C2C(=O)NC(=O)C2ON1Cc1ccc(C(N)=O)cc1[N+](=O)[O-]. The molecule has 2 aliphatic rings. The van der Waals surface area contributed by atoms with E-state index in [1.54, 1.807) is 18.2 Å². The van der Waals surface area contributed by atoms with Crippen LogP contribution in [0, 0.1) is 16.0 Å². The molecule has 0 bridgehead atoms. The number of benzene rings is 2. The van der Waals surface area contributed by atoms with Gasteiger partial charge in [0.05, 0.1) is 30.5 Å². The van der Waals surface area contributed by atoms with E-state index < -0.39 is 40.7 Å². The van der Waals surface area contributed by atoms with Crippen molar-refractivity contribution >= 4 is 39.3 Å². The maximum absolute atomic E-state index is 12.6. The number of amides is 3. The third kappa shape index (κ3) is 3.72. The zero-order valence-electron chi connectivity index (χ0n) is 16.6. The Morgan fingerprint density at radius 1 is 1.28 bits per heavy atom. The number of imide groups is 1. The number of carbonyl (C=O) groups excluding carboxylic acids is 3. The number of nitrogens with zero attached hydrogens (tertiary/aromatic N) is 2. The lowest BCUT2D eigenvalue weighted by Crippen LogP contribution is -2.33. The van der Waals surface area contributed by atoms with Crippen LogP contribution in [0.5, 0.6) is 5.75 Å². The largest absolute Gasteiger partial charge is 0.496 e. The molecule has 2 saturated heterocycles. The van der Waals surface area contributed by atoms with Crippen LogP contribution in [-0.2, 0) is 21.0 Å². The molecule has 3 amide bonds. The monoisotopic (exact) mass is 504 g/mol. The van der Waals surface area contributed by atoms with Crippen LogP contribution in [0.15, 0.2) is 40.9 Å². The van der Waals surface area contributed by atoms with Crippen molar-refractivity contribution in [2.45, 2.75) is 18.7 Å². The summed E-state index contributed by atoms with van der Waals surface area (Å²) in [5.41, 5.74) is 5.67. The van der Waals surface area contributed by atoms with Crippen molar-refractivity contribution in [3.63, 3.8) is 0 Å². The maximum atomic E-state index is 12.6. The molecule has 2 aromatic carbocycles. The van der Waals surface area contributed by atoms with E-state index in [-0.39, 0.29) is 23.4 Å². The van der Waals surface area contributed by atoms with Crippen molar-refractivity contribution in [3.05, 3.63) is 67.7 Å². The molecule has 0 aromatic heterocycles. The van der Waals surface area contributed by atoms with Crippen molar-refractivity contribution < 1.29 is 28.9 Å². The van der Waals surface area contributed by atoms with Crippen LogP contribution in [0.4, 0.5) is 5.69 Å². The smallest absolute Gasteiger partial charge is 0.274 e. The highest BCUT2D eigenvalue weighted by molar-refractivity contribution is 9.10. The number of fused-ring (bicyclic) bond motifs is 1. The molecule has 2 fully saturated rings. The van der Waals surface area contributed by atoms with Crippen molar-refractivity contribution in [2.75, 3.05) is 7.11 Å². The zero-order valence-corrected chi connectivity index (χ0v) is 18.2. The number of hydrogen-bond acceptors (Lipinski definition) is 8. The highest BCUT2D eigenvalue weighted by Gasteiger charge is 2.57. The number of nitrogens with one attached hydrogen (secondary N) is 1. The summed E-state index contributed by atoms with van der Waals surface area (Å²) in [6.45, 7) is -0.136. The fourth-order valence-corrected chi connectivity index (χ4v) is 4.38. The van der Waals surface area contributed by atoms with Gasteiger partial charge in [-0.2, -0.15) is 5.06 Å². The molecule has 0 saturated carbocycles. The molecule has 166 valence electrons. The van der Waals surface area contributed by atoms with Gasteiger partial charge >= 0.3 is 0 Å². The van der Waals surface area contributed by atoms with Gasteiger partial charge in [-0.3, -0.25) is 34.7 Å². The number of hydrogen-bond donors (Lipinski definition) is 2. The molecule has 3 unspecified atom stereocenters. The molecule has 2 aliphatic heterocycles. The first-order chi connectivity index (χ1) is 15.2. The number of nitro benzene ring substituents is 1. The topological polar surface area (TPSA) is 154 Å². The number of methoxy groups -OCH3 is 1. The Morgan fingerprint density at radius 2 is 2.03 bits per heavy atom. The molecular weight excluding hydrogens is 488 g/mol. The fourth-order valence-electron chi connectivity index (χ4n) is 4.00. The molecule has 0 radical (unpaired) electrons. The standard InChI is InChI=1S/C20H17BrN4O7/c1-31-14-5-4-11(21)7-12(14)16-15-17(20(28)23-19(15)27)32-24(16)8-10-3-2-9(18(22)26)6-13(10)25(29)30/h2-7,15-17H,8H2,1H3,(H2,22,26)(H,23,27,28). The van der Waals surface area contributed by atoms with Crippen molar-refractivity contribution in [1.82, 2.24) is 10.4 Å². The minimum Gasteiger partial charge on any atom is -0.496 e. The Morgan fingerprint density at radius 3 is 2.69 bits per heavy atom. The number of rotatable bonds is 6. The van der Waals surface area contributed by atoms with E-state index in [0.29, 0.717) is 15.8 Å². The number of nitrogens with two attached hydrogens (primary N) is 1. The summed E-state index contributed by atoms with van der Waals surface area (Å²) in [7, 11) is 1.47. The lowest BCUT2D eigenvalue weighted by atomic mass is 9.90. The van der Waals surface area contributed by atoms with E-state index in [2.05, 4.69) is 21.2 Å². The maximum Gasteiger partial charge on any atom is 0.274 e. The molecule has 0 spiro atoms. The van der Waals surface area contributed by atoms with Gasteiger partial charge in [0.2, 0.25) is 11.8 Å². The number of primary amides is 1. The Kier molecular flexibility index (Phi) is 5.67. The first-order valence-corrected chi connectivity index (χ1v) is 10.2. The summed E-state index contributed by atoms with van der Waals surface area (Å²) in [5, 5.41) is 15.2. The van der Waals surface area contributed by atoms with Crippen LogP contribution in [0.2, 0.25) is 0 Å². The second-order valence-electron chi connectivity index (χ2n) is 7.28. The molecular formula is C20H17BrN4O7. The van der Waals surface area contributed by atoms with Crippen LogP contribution < -0.4 is 15.8 Å². The van der Waals surface area contributed by atoms with E-state index in [1.165, 1.54) is 24.3 Å². The van der Waals surface area contributed by atoms with Gasteiger partial charge in [0, 0.05) is 27.2 Å². The molecule has 32 heavy (non-hydrogen) atoms. The van der Waals surface area contributed by atoms with Crippen LogP contribution in [0.1, 0.15) is 27.5 Å². The van der Waals surface area contributed by atoms with Gasteiger partial charge in [0.25, 0.3) is 11.6 Å². The third-order valence-electron chi connectivity index (χ3n) is 5.44. The van der Waals surface area contributed by atoms with Crippen molar-refractivity contribution in [1.29, 1.82) is 0 Å². The lowest BCUT2D eigenvalue weighted by molar-refractivity contribution is -0.386. The second kappa shape index (κ2) is 8.30. The van der Waals surface area contributed by atoms with Gasteiger partial charge in [-0.25, -0.2) is 0 Å². The average molecular weight is 505 g/mol. The third-order valence-corrected chi connectivity index (χ3v) is 5.93. The van der Waals surface area contributed by atoms with E-state index >= 15 is 0 Å². The second-order valence-corrected chi connectivity index (χ2v) is 8.19. The zero-order chi connectivity index (χ0) is 23.2. The molecule has 4 rings (SSSR count). The Labute approximate surface area is 189 Å². The van der Waals surface area contributed by atoms with Crippen LogP contribution in [-0.4, -0.2) is 40.9 Å².